The van der Waals surface area contributed by atoms with Crippen LogP contribution in [0.3, 0.4) is 0 Å². The Morgan fingerprint density at radius 3 is 2.34 bits per heavy atom. The number of rotatable bonds is 9. The molecular weight excluding hydrogens is 440 g/mol. The molecule has 10 nitrogen and oxygen atoms in total. The molecule has 1 heterocycles. The molecule has 3 amide bonds. The molecule has 32 heavy (non-hydrogen) atoms. The number of aromatic nitrogens is 1. The fourth-order valence-electron chi connectivity index (χ4n) is 2.79. The van der Waals surface area contributed by atoms with E-state index in [1.54, 1.807) is 24.3 Å². The molecule has 0 aliphatic rings. The number of pyridine rings is 1. The number of H-pyrrole nitrogens is 1. The van der Waals surface area contributed by atoms with Crippen LogP contribution in [0.4, 0.5) is 4.79 Å². The van der Waals surface area contributed by atoms with Crippen molar-refractivity contribution >= 4 is 29.5 Å². The maximum atomic E-state index is 12.8. The minimum absolute atomic E-state index is 0.0118. The topological polar surface area (TPSA) is 143 Å². The molecule has 0 saturated heterocycles. The molecule has 0 spiro atoms. The predicted octanol–water partition coefficient (Wildman–Crippen LogP) is 1.39. The zero-order valence-corrected chi connectivity index (χ0v) is 18.4. The Balaban J connectivity index is 2.10. The largest absolute Gasteiger partial charge is 0.465 e. The number of benzene rings is 1. The number of carboxylic acid groups (broad SMARTS) is 1. The van der Waals surface area contributed by atoms with Gasteiger partial charge in [0.1, 0.15) is 11.3 Å². The van der Waals surface area contributed by atoms with E-state index < -0.39 is 29.6 Å². The number of likely N-dealkylation sites (N-methyl/N-ethyl adjacent to an activating group) is 1. The molecule has 2 aromatic rings. The van der Waals surface area contributed by atoms with Crippen molar-refractivity contribution in [2.24, 2.45) is 0 Å². The van der Waals surface area contributed by atoms with E-state index in [9.17, 15) is 24.3 Å². The quantitative estimate of drug-likeness (QED) is 0.441. The maximum Gasteiger partial charge on any atom is 0.407 e. The summed E-state index contributed by atoms with van der Waals surface area (Å²) in [5, 5.41) is 21.8. The van der Waals surface area contributed by atoms with Gasteiger partial charge in [-0.3, -0.25) is 14.4 Å². The van der Waals surface area contributed by atoms with Gasteiger partial charge < -0.3 is 30.3 Å². The minimum Gasteiger partial charge on any atom is -0.465 e. The van der Waals surface area contributed by atoms with Gasteiger partial charge in [-0.05, 0) is 36.8 Å². The third kappa shape index (κ3) is 7.10. The molecule has 1 aromatic heterocycles. The van der Waals surface area contributed by atoms with Crippen molar-refractivity contribution < 1.29 is 24.6 Å². The Hall–Kier alpha value is -3.37. The lowest BCUT2D eigenvalue weighted by Gasteiger charge is -2.26. The SMILES string of the molecule is CC(O)CN(CCN(C)C(=O)O)C(=O)c1ccc(C(=O)NCc2ccc(Cl)cc2)c(=O)[nH]1. The normalized spacial score (nSPS) is 11.5. The van der Waals surface area contributed by atoms with Gasteiger partial charge in [0, 0.05) is 38.2 Å². The summed E-state index contributed by atoms with van der Waals surface area (Å²) >= 11 is 5.82. The zero-order valence-electron chi connectivity index (χ0n) is 17.7. The van der Waals surface area contributed by atoms with Gasteiger partial charge in [-0.15, -0.1) is 0 Å². The van der Waals surface area contributed by atoms with Gasteiger partial charge in [0.2, 0.25) is 0 Å². The third-order valence-corrected chi connectivity index (χ3v) is 4.81. The standard InChI is InChI=1S/C21H25ClN4O6/c1-13(27)12-26(10-9-25(2)21(31)32)20(30)17-8-7-16(19(29)24-17)18(28)23-11-14-3-5-15(22)6-4-14/h3-8,13,27H,9-12H2,1-2H3,(H,23,28)(H,24,29)(H,31,32). The molecule has 0 bridgehead atoms. The molecular formula is C21H25ClN4O6. The summed E-state index contributed by atoms with van der Waals surface area (Å²) in [7, 11) is 1.35. The van der Waals surface area contributed by atoms with E-state index in [4.69, 9.17) is 16.7 Å². The summed E-state index contributed by atoms with van der Waals surface area (Å²) in [4.78, 5) is 53.1. The lowest BCUT2D eigenvalue weighted by Crippen LogP contribution is -2.43. The molecule has 0 fully saturated rings. The lowest BCUT2D eigenvalue weighted by atomic mass is 10.2. The van der Waals surface area contributed by atoms with Crippen LogP contribution in [0.2, 0.25) is 5.02 Å². The summed E-state index contributed by atoms with van der Waals surface area (Å²) in [6, 6.07) is 9.40. The van der Waals surface area contributed by atoms with E-state index in [0.717, 1.165) is 10.5 Å². The van der Waals surface area contributed by atoms with Gasteiger partial charge in [-0.25, -0.2) is 4.79 Å². The molecule has 0 saturated carbocycles. The Labute approximate surface area is 189 Å². The lowest BCUT2D eigenvalue weighted by molar-refractivity contribution is 0.0619. The smallest absolute Gasteiger partial charge is 0.407 e. The Morgan fingerprint density at radius 2 is 1.78 bits per heavy atom. The monoisotopic (exact) mass is 464 g/mol. The van der Waals surface area contributed by atoms with E-state index in [2.05, 4.69) is 10.3 Å². The Morgan fingerprint density at radius 1 is 1.12 bits per heavy atom. The summed E-state index contributed by atoms with van der Waals surface area (Å²) in [6.07, 6.45) is -2.02. The zero-order chi connectivity index (χ0) is 23.8. The first-order valence-electron chi connectivity index (χ1n) is 9.76. The van der Waals surface area contributed by atoms with E-state index >= 15 is 0 Å². The number of aliphatic hydroxyl groups excluding tert-OH is 1. The highest BCUT2D eigenvalue weighted by atomic mass is 35.5. The molecule has 0 aliphatic heterocycles. The van der Waals surface area contributed by atoms with Crippen LogP contribution < -0.4 is 10.9 Å². The Bertz CT molecular complexity index is 1020. The van der Waals surface area contributed by atoms with Crippen molar-refractivity contribution in [3.05, 3.63) is 68.6 Å². The highest BCUT2D eigenvalue weighted by Gasteiger charge is 2.21. The van der Waals surface area contributed by atoms with E-state index in [-0.39, 0.29) is 37.4 Å². The first kappa shape index (κ1) is 24.9. The average molecular weight is 465 g/mol. The molecule has 2 rings (SSSR count). The second kappa shape index (κ2) is 11.3. The number of hydrogen-bond acceptors (Lipinski definition) is 5. The van der Waals surface area contributed by atoms with E-state index in [1.165, 1.54) is 31.0 Å². The van der Waals surface area contributed by atoms with Crippen LogP contribution in [0, 0.1) is 0 Å². The number of halogens is 1. The van der Waals surface area contributed by atoms with E-state index in [0.29, 0.717) is 5.02 Å². The molecule has 172 valence electrons. The molecule has 11 heteroatoms. The summed E-state index contributed by atoms with van der Waals surface area (Å²) in [5.74, 6) is -1.21. The Kier molecular flexibility index (Phi) is 8.80. The van der Waals surface area contributed by atoms with Crippen LogP contribution in [0.25, 0.3) is 0 Å². The van der Waals surface area contributed by atoms with Crippen molar-refractivity contribution in [1.29, 1.82) is 0 Å². The number of aromatic amines is 1. The first-order valence-corrected chi connectivity index (χ1v) is 10.1. The highest BCUT2D eigenvalue weighted by molar-refractivity contribution is 6.30. The highest BCUT2D eigenvalue weighted by Crippen LogP contribution is 2.09. The number of carbonyl (C=O) groups excluding carboxylic acids is 2. The number of aliphatic hydroxyl groups is 1. The fourth-order valence-corrected chi connectivity index (χ4v) is 2.91. The molecule has 1 aromatic carbocycles. The second-order valence-corrected chi connectivity index (χ2v) is 7.66. The summed E-state index contributed by atoms with van der Waals surface area (Å²) in [5.41, 5.74) is -0.193. The molecule has 4 N–H and O–H groups in total. The summed E-state index contributed by atoms with van der Waals surface area (Å²) < 4.78 is 0. The summed E-state index contributed by atoms with van der Waals surface area (Å²) in [6.45, 7) is 1.65. The van der Waals surface area contributed by atoms with Crippen molar-refractivity contribution in [1.82, 2.24) is 20.1 Å². The number of carbonyl (C=O) groups is 3. The van der Waals surface area contributed by atoms with Gasteiger partial charge in [-0.1, -0.05) is 23.7 Å². The van der Waals surface area contributed by atoms with Gasteiger partial charge in [0.15, 0.2) is 0 Å². The first-order chi connectivity index (χ1) is 15.1. The third-order valence-electron chi connectivity index (χ3n) is 4.55. The van der Waals surface area contributed by atoms with Crippen LogP contribution in [-0.4, -0.2) is 75.7 Å². The molecule has 1 unspecified atom stereocenters. The fraction of sp³-hybridized carbons (Fsp3) is 0.333. The van der Waals surface area contributed by atoms with E-state index in [1.807, 2.05) is 0 Å². The average Bonchev–Trinajstić information content (AvgIpc) is 2.74. The number of nitrogens with one attached hydrogen (secondary N) is 2. The predicted molar refractivity (Wildman–Crippen MR) is 118 cm³/mol. The molecule has 1 atom stereocenters. The maximum absolute atomic E-state index is 12.8. The van der Waals surface area contributed by atoms with Crippen LogP contribution in [0.5, 0.6) is 0 Å². The van der Waals surface area contributed by atoms with Gasteiger partial charge in [-0.2, -0.15) is 0 Å². The molecule has 0 aliphatic carbocycles. The number of amides is 3. The van der Waals surface area contributed by atoms with Crippen LogP contribution >= 0.6 is 11.6 Å². The van der Waals surface area contributed by atoms with Crippen molar-refractivity contribution in [2.45, 2.75) is 19.6 Å². The number of hydrogen-bond donors (Lipinski definition) is 4. The van der Waals surface area contributed by atoms with Crippen LogP contribution in [-0.2, 0) is 6.54 Å². The van der Waals surface area contributed by atoms with Crippen LogP contribution in [0.15, 0.2) is 41.2 Å². The number of nitrogens with zero attached hydrogens (tertiary/aromatic N) is 2. The van der Waals surface area contributed by atoms with Crippen molar-refractivity contribution in [2.75, 3.05) is 26.7 Å². The van der Waals surface area contributed by atoms with Crippen LogP contribution in [0.1, 0.15) is 33.3 Å². The van der Waals surface area contributed by atoms with Gasteiger partial charge >= 0.3 is 6.09 Å². The van der Waals surface area contributed by atoms with Gasteiger partial charge in [0.25, 0.3) is 17.4 Å². The van der Waals surface area contributed by atoms with Crippen molar-refractivity contribution in [3.63, 3.8) is 0 Å². The molecule has 0 radical (unpaired) electrons. The van der Waals surface area contributed by atoms with Crippen molar-refractivity contribution in [3.8, 4) is 0 Å². The second-order valence-electron chi connectivity index (χ2n) is 7.23. The minimum atomic E-state index is -1.16. The van der Waals surface area contributed by atoms with Gasteiger partial charge in [0.05, 0.1) is 6.10 Å².